The summed E-state index contributed by atoms with van der Waals surface area (Å²) in [5.74, 6) is 1.20. The van der Waals surface area contributed by atoms with Gasteiger partial charge in [0.15, 0.2) is 16.8 Å². The number of nitrogens with zero attached hydrogens (tertiary/aromatic N) is 3. The zero-order valence-electron chi connectivity index (χ0n) is 10.9. The Morgan fingerprint density at radius 3 is 2.80 bits per heavy atom. The molecule has 6 nitrogen and oxygen atoms in total. The summed E-state index contributed by atoms with van der Waals surface area (Å²) < 4.78 is 1.12. The molecule has 7 heteroatoms. The molecule has 4 N–H and O–H groups in total. The lowest BCUT2D eigenvalue weighted by Gasteiger charge is -2.09. The number of thiazole rings is 1. The van der Waals surface area contributed by atoms with E-state index in [2.05, 4.69) is 25.6 Å². The molecular weight excluding hydrogens is 272 g/mol. The lowest BCUT2D eigenvalue weighted by molar-refractivity contribution is 1.11. The van der Waals surface area contributed by atoms with Crippen molar-refractivity contribution in [3.05, 3.63) is 30.6 Å². The lowest BCUT2D eigenvalue weighted by Crippen LogP contribution is -2.07. The van der Waals surface area contributed by atoms with E-state index in [4.69, 9.17) is 5.73 Å². The van der Waals surface area contributed by atoms with Crippen LogP contribution in [0.3, 0.4) is 0 Å². The van der Waals surface area contributed by atoms with Crippen molar-refractivity contribution < 1.29 is 0 Å². The second kappa shape index (κ2) is 5.30. The van der Waals surface area contributed by atoms with Crippen LogP contribution in [0, 0.1) is 0 Å². The third kappa shape index (κ3) is 2.35. The molecule has 102 valence electrons. The molecule has 0 bridgehead atoms. The van der Waals surface area contributed by atoms with E-state index >= 15 is 0 Å². The highest BCUT2D eigenvalue weighted by atomic mass is 32.1. The number of aromatic nitrogens is 3. The van der Waals surface area contributed by atoms with Gasteiger partial charge in [-0.2, -0.15) is 0 Å². The smallest absolute Gasteiger partial charge is 0.189 e. The minimum absolute atomic E-state index is 0.494. The van der Waals surface area contributed by atoms with Crippen molar-refractivity contribution in [1.82, 2.24) is 15.0 Å². The SMILES string of the molecule is CCNc1ncnc(Nc2nc3ccccc3s2)c1N. The van der Waals surface area contributed by atoms with E-state index in [1.807, 2.05) is 31.2 Å². The number of rotatable bonds is 4. The van der Waals surface area contributed by atoms with Crippen LogP contribution < -0.4 is 16.4 Å². The standard InChI is InChI=1S/C13H14N6S/c1-2-15-11-10(14)12(17-7-16-11)19-13-18-8-5-3-4-6-9(8)20-13/h3-7H,2,14H2,1H3,(H2,15,16,17,18,19). The molecule has 0 atom stereocenters. The highest BCUT2D eigenvalue weighted by Crippen LogP contribution is 2.30. The number of benzene rings is 1. The molecule has 0 unspecified atom stereocenters. The first-order valence-electron chi connectivity index (χ1n) is 6.25. The molecular formula is C13H14N6S. The van der Waals surface area contributed by atoms with Crippen LogP contribution in [0.15, 0.2) is 30.6 Å². The lowest BCUT2D eigenvalue weighted by atomic mass is 10.3. The Morgan fingerprint density at radius 2 is 2.00 bits per heavy atom. The topological polar surface area (TPSA) is 88.8 Å². The predicted molar refractivity (Wildman–Crippen MR) is 83.5 cm³/mol. The molecule has 0 aliphatic rings. The van der Waals surface area contributed by atoms with Crippen molar-refractivity contribution in [2.75, 3.05) is 22.9 Å². The van der Waals surface area contributed by atoms with Crippen LogP contribution in [0.4, 0.5) is 22.5 Å². The van der Waals surface area contributed by atoms with Crippen LogP contribution in [0.5, 0.6) is 0 Å². The summed E-state index contributed by atoms with van der Waals surface area (Å²) in [7, 11) is 0. The van der Waals surface area contributed by atoms with E-state index in [-0.39, 0.29) is 0 Å². The van der Waals surface area contributed by atoms with Crippen molar-refractivity contribution >= 4 is 44.0 Å². The molecule has 0 spiro atoms. The second-order valence-electron chi connectivity index (χ2n) is 4.13. The third-order valence-electron chi connectivity index (χ3n) is 2.75. The normalized spacial score (nSPS) is 10.7. The number of anilines is 4. The maximum Gasteiger partial charge on any atom is 0.189 e. The summed E-state index contributed by atoms with van der Waals surface area (Å²) in [6.45, 7) is 2.74. The van der Waals surface area contributed by atoms with Gasteiger partial charge in [0.2, 0.25) is 0 Å². The van der Waals surface area contributed by atoms with Gasteiger partial charge in [0.1, 0.15) is 12.0 Å². The Bertz CT molecular complexity index is 706. The monoisotopic (exact) mass is 286 g/mol. The van der Waals surface area contributed by atoms with Gasteiger partial charge < -0.3 is 16.4 Å². The number of fused-ring (bicyclic) bond motifs is 1. The van der Waals surface area contributed by atoms with E-state index in [9.17, 15) is 0 Å². The molecule has 2 aromatic heterocycles. The van der Waals surface area contributed by atoms with E-state index in [0.29, 0.717) is 17.3 Å². The summed E-state index contributed by atoms with van der Waals surface area (Å²) in [6.07, 6.45) is 1.48. The zero-order chi connectivity index (χ0) is 13.9. The van der Waals surface area contributed by atoms with Crippen LogP contribution in [0.1, 0.15) is 6.92 Å². The molecule has 0 radical (unpaired) electrons. The van der Waals surface area contributed by atoms with E-state index in [1.54, 1.807) is 11.3 Å². The number of hydrogen-bond donors (Lipinski definition) is 3. The predicted octanol–water partition coefficient (Wildman–Crippen LogP) is 2.84. The minimum Gasteiger partial charge on any atom is -0.393 e. The van der Waals surface area contributed by atoms with Crippen LogP contribution in [-0.2, 0) is 0 Å². The van der Waals surface area contributed by atoms with Gasteiger partial charge in [0.25, 0.3) is 0 Å². The Labute approximate surface area is 120 Å². The number of hydrogen-bond acceptors (Lipinski definition) is 7. The second-order valence-corrected chi connectivity index (χ2v) is 5.16. The maximum absolute atomic E-state index is 6.04. The van der Waals surface area contributed by atoms with Gasteiger partial charge in [0, 0.05) is 6.54 Å². The average molecular weight is 286 g/mol. The first-order chi connectivity index (χ1) is 9.78. The molecule has 1 aromatic carbocycles. The highest BCUT2D eigenvalue weighted by molar-refractivity contribution is 7.22. The van der Waals surface area contributed by atoms with Gasteiger partial charge in [-0.3, -0.25) is 0 Å². The quantitative estimate of drug-likeness (QED) is 0.683. The van der Waals surface area contributed by atoms with Crippen molar-refractivity contribution in [1.29, 1.82) is 0 Å². The average Bonchev–Trinajstić information content (AvgIpc) is 2.86. The van der Waals surface area contributed by atoms with Gasteiger partial charge in [-0.25, -0.2) is 15.0 Å². The summed E-state index contributed by atoms with van der Waals surface area (Å²) in [4.78, 5) is 12.8. The molecule has 0 saturated heterocycles. The van der Waals surface area contributed by atoms with Gasteiger partial charge in [-0.15, -0.1) is 0 Å². The number of nitrogens with one attached hydrogen (secondary N) is 2. The fraction of sp³-hybridized carbons (Fsp3) is 0.154. The first-order valence-corrected chi connectivity index (χ1v) is 7.06. The summed E-state index contributed by atoms with van der Waals surface area (Å²) in [5, 5.41) is 7.01. The van der Waals surface area contributed by atoms with Crippen molar-refractivity contribution in [2.24, 2.45) is 0 Å². The Morgan fingerprint density at radius 1 is 1.20 bits per heavy atom. The highest BCUT2D eigenvalue weighted by Gasteiger charge is 2.10. The largest absolute Gasteiger partial charge is 0.393 e. The Balaban J connectivity index is 1.92. The maximum atomic E-state index is 6.04. The van der Waals surface area contributed by atoms with Crippen LogP contribution in [0.2, 0.25) is 0 Å². The molecule has 3 rings (SSSR count). The molecule has 3 aromatic rings. The molecule has 0 aliphatic heterocycles. The molecule has 20 heavy (non-hydrogen) atoms. The van der Waals surface area contributed by atoms with Crippen LogP contribution in [0.25, 0.3) is 10.2 Å². The van der Waals surface area contributed by atoms with Gasteiger partial charge in [0.05, 0.1) is 10.2 Å². The van der Waals surface area contributed by atoms with E-state index < -0.39 is 0 Å². The third-order valence-corrected chi connectivity index (χ3v) is 3.70. The van der Waals surface area contributed by atoms with Crippen molar-refractivity contribution in [3.8, 4) is 0 Å². The van der Waals surface area contributed by atoms with Gasteiger partial charge in [-0.05, 0) is 19.1 Å². The Hall–Kier alpha value is -2.41. The number of para-hydroxylation sites is 1. The van der Waals surface area contributed by atoms with Crippen molar-refractivity contribution in [3.63, 3.8) is 0 Å². The minimum atomic E-state index is 0.494. The number of nitrogens with two attached hydrogens (primary N) is 1. The zero-order valence-corrected chi connectivity index (χ0v) is 11.7. The fourth-order valence-corrected chi connectivity index (χ4v) is 2.70. The molecule has 2 heterocycles. The summed E-state index contributed by atoms with van der Waals surface area (Å²) in [6, 6.07) is 7.97. The van der Waals surface area contributed by atoms with Crippen LogP contribution >= 0.6 is 11.3 Å². The molecule has 0 saturated carbocycles. The number of nitrogen functional groups attached to an aromatic ring is 1. The summed E-state index contributed by atoms with van der Waals surface area (Å²) >= 11 is 1.56. The molecule has 0 aliphatic carbocycles. The Kier molecular flexibility index (Phi) is 3.34. The molecule has 0 amide bonds. The van der Waals surface area contributed by atoms with Crippen LogP contribution in [-0.4, -0.2) is 21.5 Å². The van der Waals surface area contributed by atoms with Crippen molar-refractivity contribution in [2.45, 2.75) is 6.92 Å². The molecule has 0 fully saturated rings. The summed E-state index contributed by atoms with van der Waals surface area (Å²) in [5.41, 5.74) is 7.49. The van der Waals surface area contributed by atoms with Gasteiger partial charge in [-0.1, -0.05) is 23.5 Å². The van der Waals surface area contributed by atoms with Gasteiger partial charge >= 0.3 is 0 Å². The first kappa shape index (κ1) is 12.6. The van der Waals surface area contributed by atoms with E-state index in [0.717, 1.165) is 21.9 Å². The fourth-order valence-electron chi connectivity index (χ4n) is 1.83. The van der Waals surface area contributed by atoms with E-state index in [1.165, 1.54) is 6.33 Å².